The van der Waals surface area contributed by atoms with Gasteiger partial charge in [-0.05, 0) is 74.1 Å². The fourth-order valence-corrected chi connectivity index (χ4v) is 3.14. The monoisotopic (exact) mass is 258 g/mol. The maximum atomic E-state index is 5.57. The van der Waals surface area contributed by atoms with Gasteiger partial charge >= 0.3 is 0 Å². The Labute approximate surface area is 116 Å². The molecule has 0 unspecified atom stereocenters. The van der Waals surface area contributed by atoms with Gasteiger partial charge in [-0.1, -0.05) is 24.3 Å². The Bertz CT molecular complexity index is 378. The quantitative estimate of drug-likeness (QED) is 0.752. The molecule has 0 saturated heterocycles. The van der Waals surface area contributed by atoms with Crippen LogP contribution < -0.4 is 11.1 Å². The van der Waals surface area contributed by atoms with Crippen molar-refractivity contribution in [2.45, 2.75) is 38.6 Å². The Hall–Kier alpha value is -0.860. The molecule has 1 aromatic rings. The third-order valence-corrected chi connectivity index (χ3v) is 4.62. The highest BCUT2D eigenvalue weighted by atomic mass is 14.9. The normalized spacial score (nSPS) is 19.1. The lowest BCUT2D eigenvalue weighted by atomic mass is 9.98. The van der Waals surface area contributed by atoms with Gasteiger partial charge in [-0.15, -0.1) is 0 Å². The van der Waals surface area contributed by atoms with Crippen LogP contribution in [0.2, 0.25) is 0 Å². The highest BCUT2D eigenvalue weighted by Gasteiger charge is 2.40. The molecule has 0 aliphatic heterocycles. The maximum absolute atomic E-state index is 5.57. The second-order valence-corrected chi connectivity index (χ2v) is 6.32. The van der Waals surface area contributed by atoms with Gasteiger partial charge in [0, 0.05) is 6.54 Å². The molecule has 0 atom stereocenters. The molecule has 0 bridgehead atoms. The average molecular weight is 258 g/mol. The molecule has 2 nitrogen and oxygen atoms in total. The van der Waals surface area contributed by atoms with Crippen LogP contribution in [0.5, 0.6) is 0 Å². The number of nitrogens with one attached hydrogen (secondary N) is 1. The van der Waals surface area contributed by atoms with Crippen molar-refractivity contribution in [3.63, 3.8) is 0 Å². The molecule has 3 rings (SSSR count). The predicted molar refractivity (Wildman–Crippen MR) is 79.8 cm³/mol. The molecule has 2 aliphatic carbocycles. The summed E-state index contributed by atoms with van der Waals surface area (Å²) in [6, 6.07) is 8.90. The largest absolute Gasteiger partial charge is 0.330 e. The van der Waals surface area contributed by atoms with Gasteiger partial charge < -0.3 is 11.1 Å². The number of benzene rings is 1. The van der Waals surface area contributed by atoms with E-state index in [2.05, 4.69) is 29.6 Å². The van der Waals surface area contributed by atoms with Crippen molar-refractivity contribution in [1.29, 1.82) is 0 Å². The minimum atomic E-state index is 0.738. The van der Waals surface area contributed by atoms with Gasteiger partial charge in [0.05, 0.1) is 0 Å². The van der Waals surface area contributed by atoms with Crippen molar-refractivity contribution in [2.75, 3.05) is 13.1 Å². The Morgan fingerprint density at radius 1 is 1.00 bits per heavy atom. The third-order valence-electron chi connectivity index (χ3n) is 4.62. The van der Waals surface area contributed by atoms with Gasteiger partial charge in [-0.25, -0.2) is 0 Å². The van der Waals surface area contributed by atoms with Crippen LogP contribution in [0.15, 0.2) is 24.3 Å². The Morgan fingerprint density at radius 3 is 2.11 bits per heavy atom. The number of hydrogen-bond donors (Lipinski definition) is 2. The molecule has 0 heterocycles. The second-order valence-electron chi connectivity index (χ2n) is 6.32. The molecule has 0 spiro atoms. The Morgan fingerprint density at radius 2 is 1.58 bits per heavy atom. The molecule has 0 radical (unpaired) electrons. The summed E-state index contributed by atoms with van der Waals surface area (Å²) in [4.78, 5) is 0. The molecule has 2 heteroatoms. The molecule has 2 saturated carbocycles. The second kappa shape index (κ2) is 6.06. The summed E-state index contributed by atoms with van der Waals surface area (Å²) < 4.78 is 0. The fourth-order valence-electron chi connectivity index (χ4n) is 3.14. The van der Waals surface area contributed by atoms with Crippen LogP contribution in [0.4, 0.5) is 0 Å². The Balaban J connectivity index is 1.43. The zero-order chi connectivity index (χ0) is 13.1. The SMILES string of the molecule is NCCc1ccc(CNCC(C2CC2)C2CC2)cc1. The molecule has 0 amide bonds. The molecular formula is C17H26N2. The van der Waals surface area contributed by atoms with Crippen molar-refractivity contribution >= 4 is 0 Å². The first-order valence-corrected chi connectivity index (χ1v) is 7.85. The van der Waals surface area contributed by atoms with Gasteiger partial charge in [0.2, 0.25) is 0 Å². The third kappa shape index (κ3) is 3.80. The van der Waals surface area contributed by atoms with E-state index in [1.165, 1.54) is 43.4 Å². The molecule has 2 aliphatic rings. The summed E-state index contributed by atoms with van der Waals surface area (Å²) in [6.07, 6.45) is 6.92. The standard InChI is InChI=1S/C17H26N2/c18-10-9-13-1-3-14(4-2-13)11-19-12-17(15-5-6-15)16-7-8-16/h1-4,15-17,19H,5-12,18H2. The minimum absolute atomic E-state index is 0.738. The first-order valence-electron chi connectivity index (χ1n) is 7.85. The first-order chi connectivity index (χ1) is 9.36. The van der Waals surface area contributed by atoms with Gasteiger partial charge in [0.25, 0.3) is 0 Å². The van der Waals surface area contributed by atoms with Crippen LogP contribution in [0.1, 0.15) is 36.8 Å². The van der Waals surface area contributed by atoms with E-state index in [0.717, 1.165) is 37.3 Å². The average Bonchev–Trinajstić information content (AvgIpc) is 3.29. The molecule has 2 fully saturated rings. The van der Waals surface area contributed by atoms with Crippen molar-refractivity contribution in [2.24, 2.45) is 23.5 Å². The van der Waals surface area contributed by atoms with Crippen LogP contribution in [-0.2, 0) is 13.0 Å². The highest BCUT2D eigenvalue weighted by molar-refractivity contribution is 5.22. The smallest absolute Gasteiger partial charge is 0.0205 e. The lowest BCUT2D eigenvalue weighted by Gasteiger charge is -2.16. The lowest BCUT2D eigenvalue weighted by Crippen LogP contribution is -2.25. The lowest BCUT2D eigenvalue weighted by molar-refractivity contribution is 0.378. The molecule has 19 heavy (non-hydrogen) atoms. The van der Waals surface area contributed by atoms with Gasteiger partial charge in [0.1, 0.15) is 0 Å². The zero-order valence-electron chi connectivity index (χ0n) is 11.8. The van der Waals surface area contributed by atoms with E-state index in [-0.39, 0.29) is 0 Å². The molecule has 104 valence electrons. The molecular weight excluding hydrogens is 232 g/mol. The predicted octanol–water partition coefficient (Wildman–Crippen LogP) is 2.71. The summed E-state index contributed by atoms with van der Waals surface area (Å²) in [7, 11) is 0. The summed E-state index contributed by atoms with van der Waals surface area (Å²) in [5.41, 5.74) is 8.31. The summed E-state index contributed by atoms with van der Waals surface area (Å²) in [5.74, 6) is 3.07. The topological polar surface area (TPSA) is 38.0 Å². The van der Waals surface area contributed by atoms with E-state index in [0.29, 0.717) is 0 Å². The van der Waals surface area contributed by atoms with Gasteiger partial charge in [-0.2, -0.15) is 0 Å². The maximum Gasteiger partial charge on any atom is 0.0205 e. The fraction of sp³-hybridized carbons (Fsp3) is 0.647. The van der Waals surface area contributed by atoms with E-state index in [9.17, 15) is 0 Å². The van der Waals surface area contributed by atoms with Crippen molar-refractivity contribution < 1.29 is 0 Å². The van der Waals surface area contributed by atoms with Crippen LogP contribution in [-0.4, -0.2) is 13.1 Å². The van der Waals surface area contributed by atoms with Crippen LogP contribution in [0.3, 0.4) is 0 Å². The zero-order valence-corrected chi connectivity index (χ0v) is 11.8. The van der Waals surface area contributed by atoms with E-state index in [1.807, 2.05) is 0 Å². The number of nitrogens with two attached hydrogens (primary N) is 1. The number of hydrogen-bond acceptors (Lipinski definition) is 2. The molecule has 1 aromatic carbocycles. The van der Waals surface area contributed by atoms with E-state index < -0.39 is 0 Å². The van der Waals surface area contributed by atoms with E-state index >= 15 is 0 Å². The summed E-state index contributed by atoms with van der Waals surface area (Å²) >= 11 is 0. The van der Waals surface area contributed by atoms with Crippen LogP contribution >= 0.6 is 0 Å². The first kappa shape index (κ1) is 13.1. The summed E-state index contributed by atoms with van der Waals surface area (Å²) in [6.45, 7) is 2.97. The highest BCUT2D eigenvalue weighted by Crippen LogP contribution is 2.48. The number of rotatable bonds is 8. The van der Waals surface area contributed by atoms with Crippen molar-refractivity contribution in [3.05, 3.63) is 35.4 Å². The van der Waals surface area contributed by atoms with Gasteiger partial charge in [-0.3, -0.25) is 0 Å². The Kier molecular flexibility index (Phi) is 4.19. The van der Waals surface area contributed by atoms with Crippen molar-refractivity contribution in [3.8, 4) is 0 Å². The van der Waals surface area contributed by atoms with Crippen LogP contribution in [0, 0.1) is 17.8 Å². The minimum Gasteiger partial charge on any atom is -0.330 e. The molecule has 0 aromatic heterocycles. The van der Waals surface area contributed by atoms with Crippen LogP contribution in [0.25, 0.3) is 0 Å². The van der Waals surface area contributed by atoms with E-state index in [1.54, 1.807) is 0 Å². The van der Waals surface area contributed by atoms with Gasteiger partial charge in [0.15, 0.2) is 0 Å². The van der Waals surface area contributed by atoms with E-state index in [4.69, 9.17) is 5.73 Å². The van der Waals surface area contributed by atoms with Crippen molar-refractivity contribution in [1.82, 2.24) is 5.32 Å². The molecule has 3 N–H and O–H groups in total. The summed E-state index contributed by atoms with van der Waals surface area (Å²) in [5, 5.41) is 3.67.